The molecule has 3 aromatic rings. The number of fused-ring (bicyclic) bond motifs is 1. The second kappa shape index (κ2) is 7.33. The fourth-order valence-corrected chi connectivity index (χ4v) is 2.70. The molecule has 6 nitrogen and oxygen atoms in total. The minimum absolute atomic E-state index is 0.312. The summed E-state index contributed by atoms with van der Waals surface area (Å²) in [7, 11) is 0. The van der Waals surface area contributed by atoms with Crippen molar-refractivity contribution in [3.8, 4) is 11.1 Å². The highest BCUT2D eigenvalue weighted by atomic mass is 35.5. The predicted molar refractivity (Wildman–Crippen MR) is 97.2 cm³/mol. The van der Waals surface area contributed by atoms with E-state index >= 15 is 0 Å². The summed E-state index contributed by atoms with van der Waals surface area (Å²) < 4.78 is 0. The maximum absolute atomic E-state index is 11.9. The molecule has 0 aliphatic carbocycles. The van der Waals surface area contributed by atoms with Crippen molar-refractivity contribution < 1.29 is 4.79 Å². The van der Waals surface area contributed by atoms with E-state index < -0.39 is 0 Å². The zero-order valence-corrected chi connectivity index (χ0v) is 13.7. The van der Waals surface area contributed by atoms with Crippen molar-refractivity contribution in [3.63, 3.8) is 0 Å². The van der Waals surface area contributed by atoms with E-state index in [9.17, 15) is 4.79 Å². The first-order valence-corrected chi connectivity index (χ1v) is 8.05. The number of carbonyl (C=O) groups excluding carboxylic acids is 1. The van der Waals surface area contributed by atoms with Gasteiger partial charge in [0, 0.05) is 17.5 Å². The number of H-pyrrole nitrogens is 1. The summed E-state index contributed by atoms with van der Waals surface area (Å²) in [6, 6.07) is 13.2. The number of hydrogen-bond acceptors (Lipinski definition) is 3. The minimum Gasteiger partial charge on any atom is -0.338 e. The SMILES string of the molecule is NCCCNC(=O)Nc1n[nH]c2cc(Cl)c(-c3ccccc3)cc12. The standard InChI is InChI=1S/C17H18ClN5O/c18-14-10-15-13(9-12(14)11-5-2-1-3-6-11)16(23-22-15)21-17(24)20-8-4-7-19/h1-3,5-6,9-10H,4,7-8,19H2,(H3,20,21,22,23,24). The number of urea groups is 1. The molecule has 0 saturated heterocycles. The molecule has 0 unspecified atom stereocenters. The third-order valence-corrected chi connectivity index (χ3v) is 3.95. The normalized spacial score (nSPS) is 10.8. The number of aromatic nitrogens is 2. The van der Waals surface area contributed by atoms with E-state index in [1.807, 2.05) is 42.5 Å². The van der Waals surface area contributed by atoms with Gasteiger partial charge in [0.1, 0.15) is 0 Å². The molecule has 2 aromatic carbocycles. The first-order chi connectivity index (χ1) is 11.7. The highest BCUT2D eigenvalue weighted by Gasteiger charge is 2.13. The first kappa shape index (κ1) is 16.3. The van der Waals surface area contributed by atoms with E-state index in [1.54, 1.807) is 0 Å². The lowest BCUT2D eigenvalue weighted by molar-refractivity contribution is 0.252. The van der Waals surface area contributed by atoms with E-state index in [0.717, 1.165) is 28.5 Å². The van der Waals surface area contributed by atoms with E-state index in [1.165, 1.54) is 0 Å². The van der Waals surface area contributed by atoms with Gasteiger partial charge in [-0.05, 0) is 30.7 Å². The van der Waals surface area contributed by atoms with Crippen LogP contribution in [0.15, 0.2) is 42.5 Å². The topological polar surface area (TPSA) is 95.8 Å². The van der Waals surface area contributed by atoms with Gasteiger partial charge in [0.15, 0.2) is 5.82 Å². The molecule has 0 radical (unpaired) electrons. The van der Waals surface area contributed by atoms with Crippen molar-refractivity contribution in [3.05, 3.63) is 47.5 Å². The number of nitrogens with one attached hydrogen (secondary N) is 3. The highest BCUT2D eigenvalue weighted by Crippen LogP contribution is 2.33. The Morgan fingerprint density at radius 1 is 1.25 bits per heavy atom. The van der Waals surface area contributed by atoms with E-state index in [0.29, 0.717) is 23.9 Å². The van der Waals surface area contributed by atoms with Crippen molar-refractivity contribution in [2.24, 2.45) is 5.73 Å². The van der Waals surface area contributed by atoms with Crippen LogP contribution in [0.2, 0.25) is 5.02 Å². The Kier molecular flexibility index (Phi) is 4.98. The van der Waals surface area contributed by atoms with Crippen LogP contribution in [0, 0.1) is 0 Å². The Morgan fingerprint density at radius 3 is 2.79 bits per heavy atom. The molecular weight excluding hydrogens is 326 g/mol. The van der Waals surface area contributed by atoms with E-state index in [-0.39, 0.29) is 6.03 Å². The zero-order chi connectivity index (χ0) is 16.9. The van der Waals surface area contributed by atoms with Crippen molar-refractivity contribution in [1.29, 1.82) is 0 Å². The van der Waals surface area contributed by atoms with Crippen molar-refractivity contribution in [1.82, 2.24) is 15.5 Å². The average molecular weight is 344 g/mol. The van der Waals surface area contributed by atoms with Crippen LogP contribution in [0.3, 0.4) is 0 Å². The van der Waals surface area contributed by atoms with Gasteiger partial charge in [-0.2, -0.15) is 5.10 Å². The maximum Gasteiger partial charge on any atom is 0.320 e. The number of hydrogen-bond donors (Lipinski definition) is 4. The van der Waals surface area contributed by atoms with E-state index in [2.05, 4.69) is 20.8 Å². The van der Waals surface area contributed by atoms with Gasteiger partial charge in [-0.25, -0.2) is 4.79 Å². The molecule has 0 aliphatic rings. The second-order valence-electron chi connectivity index (χ2n) is 5.34. The van der Waals surface area contributed by atoms with Crippen LogP contribution in [0.1, 0.15) is 6.42 Å². The summed E-state index contributed by atoms with van der Waals surface area (Å²) in [4.78, 5) is 11.9. The van der Waals surface area contributed by atoms with Crippen LogP contribution in [-0.2, 0) is 0 Å². The Bertz CT molecular complexity index is 847. The summed E-state index contributed by atoms with van der Waals surface area (Å²) in [5.74, 6) is 0.462. The van der Waals surface area contributed by atoms with Crippen molar-refractivity contribution in [2.45, 2.75) is 6.42 Å². The maximum atomic E-state index is 11.9. The number of carbonyl (C=O) groups is 1. The molecule has 0 spiro atoms. The average Bonchev–Trinajstić information content (AvgIpc) is 2.97. The number of aromatic amines is 1. The van der Waals surface area contributed by atoms with Crippen molar-refractivity contribution >= 4 is 34.4 Å². The van der Waals surface area contributed by atoms with Gasteiger partial charge in [-0.1, -0.05) is 41.9 Å². The number of nitrogens with two attached hydrogens (primary N) is 1. The summed E-state index contributed by atoms with van der Waals surface area (Å²) in [6.45, 7) is 1.05. The van der Waals surface area contributed by atoms with Crippen LogP contribution in [-0.4, -0.2) is 29.3 Å². The van der Waals surface area contributed by atoms with Crippen LogP contribution < -0.4 is 16.4 Å². The summed E-state index contributed by atoms with van der Waals surface area (Å²) in [5.41, 5.74) is 8.06. The Morgan fingerprint density at radius 2 is 2.04 bits per heavy atom. The van der Waals surface area contributed by atoms with Crippen LogP contribution in [0.4, 0.5) is 10.6 Å². The zero-order valence-electron chi connectivity index (χ0n) is 13.0. The molecule has 5 N–H and O–H groups in total. The number of benzene rings is 2. The lowest BCUT2D eigenvalue weighted by Gasteiger charge is -2.07. The van der Waals surface area contributed by atoms with Crippen LogP contribution in [0.5, 0.6) is 0 Å². The van der Waals surface area contributed by atoms with Gasteiger partial charge in [0.05, 0.1) is 10.5 Å². The minimum atomic E-state index is -0.312. The second-order valence-corrected chi connectivity index (χ2v) is 5.75. The van der Waals surface area contributed by atoms with Gasteiger partial charge in [-0.15, -0.1) is 0 Å². The van der Waals surface area contributed by atoms with Gasteiger partial charge < -0.3 is 11.1 Å². The number of anilines is 1. The van der Waals surface area contributed by atoms with Gasteiger partial charge in [0.25, 0.3) is 0 Å². The molecule has 3 rings (SSSR count). The van der Waals surface area contributed by atoms with Crippen LogP contribution in [0.25, 0.3) is 22.0 Å². The van der Waals surface area contributed by atoms with Gasteiger partial charge in [-0.3, -0.25) is 10.4 Å². The summed E-state index contributed by atoms with van der Waals surface area (Å²) >= 11 is 6.38. The molecular formula is C17H18ClN5O. The molecule has 0 bridgehead atoms. The highest BCUT2D eigenvalue weighted by molar-refractivity contribution is 6.34. The quantitative estimate of drug-likeness (QED) is 0.535. The number of halogens is 1. The largest absolute Gasteiger partial charge is 0.338 e. The molecule has 7 heteroatoms. The fraction of sp³-hybridized carbons (Fsp3) is 0.176. The van der Waals surface area contributed by atoms with Gasteiger partial charge in [0.2, 0.25) is 0 Å². The number of rotatable bonds is 5. The molecule has 0 fully saturated rings. The fourth-order valence-electron chi connectivity index (χ4n) is 2.43. The smallest absolute Gasteiger partial charge is 0.320 e. The van der Waals surface area contributed by atoms with Crippen LogP contribution >= 0.6 is 11.6 Å². The Labute approximate surface area is 144 Å². The van der Waals surface area contributed by atoms with Gasteiger partial charge >= 0.3 is 6.03 Å². The number of nitrogens with zero attached hydrogens (tertiary/aromatic N) is 1. The molecule has 2 amide bonds. The van der Waals surface area contributed by atoms with Crippen molar-refractivity contribution in [2.75, 3.05) is 18.4 Å². The lowest BCUT2D eigenvalue weighted by Crippen LogP contribution is -2.30. The molecule has 0 atom stereocenters. The lowest BCUT2D eigenvalue weighted by atomic mass is 10.0. The predicted octanol–water partition coefficient (Wildman–Crippen LogP) is 3.35. The van der Waals surface area contributed by atoms with E-state index in [4.69, 9.17) is 17.3 Å². The summed E-state index contributed by atoms with van der Waals surface area (Å²) in [6.07, 6.45) is 0.725. The number of amides is 2. The molecule has 1 heterocycles. The molecule has 1 aromatic heterocycles. The summed E-state index contributed by atoms with van der Waals surface area (Å²) in [5, 5.41) is 13.9. The molecule has 0 saturated carbocycles. The Balaban J connectivity index is 1.89. The molecule has 124 valence electrons. The molecule has 24 heavy (non-hydrogen) atoms. The monoisotopic (exact) mass is 343 g/mol. The third-order valence-electron chi connectivity index (χ3n) is 3.63. The first-order valence-electron chi connectivity index (χ1n) is 7.67. The third kappa shape index (κ3) is 3.50. The molecule has 0 aliphatic heterocycles. The Hall–Kier alpha value is -2.57.